The third-order valence-electron chi connectivity index (χ3n) is 6.71. The molecule has 0 radical (unpaired) electrons. The Bertz CT molecular complexity index is 1460. The number of aryl methyl sites for hydroxylation is 1. The summed E-state index contributed by atoms with van der Waals surface area (Å²) in [6, 6.07) is 4.68. The molecule has 2 aromatic carbocycles. The zero-order valence-corrected chi connectivity index (χ0v) is 22.3. The van der Waals surface area contributed by atoms with Crippen molar-refractivity contribution >= 4 is 29.4 Å². The number of methoxy groups -OCH3 is 1. The molecule has 1 aliphatic rings. The van der Waals surface area contributed by atoms with Gasteiger partial charge in [0.2, 0.25) is 17.2 Å². The van der Waals surface area contributed by atoms with E-state index < -0.39 is 67.1 Å². The fourth-order valence-corrected chi connectivity index (χ4v) is 5.11. The van der Waals surface area contributed by atoms with Crippen LogP contribution < -0.4 is 10.2 Å². The number of hydrogen-bond acceptors (Lipinski definition) is 9. The summed E-state index contributed by atoms with van der Waals surface area (Å²) in [5.74, 6) is -4.20. The molecule has 12 heteroatoms. The molecule has 0 spiro atoms. The van der Waals surface area contributed by atoms with Gasteiger partial charge in [0.1, 0.15) is 5.71 Å². The fourth-order valence-electron chi connectivity index (χ4n) is 5.11. The van der Waals surface area contributed by atoms with Gasteiger partial charge in [0, 0.05) is 13.8 Å². The Labute approximate surface area is 229 Å². The number of aliphatic imine (C=N–C) groups is 1. The topological polar surface area (TPSA) is 191 Å². The first-order valence-corrected chi connectivity index (χ1v) is 12.3. The molecule has 0 unspecified atom stereocenters. The second-order valence-electron chi connectivity index (χ2n) is 9.18. The number of fused-ring (bicyclic) bond motifs is 3. The number of benzene rings is 1. The standard InChI is InChI=1S/C28H30N2O10/c1-14(34)29-22(10-26(37)38)28(39)30(15(2)35)23-6-4-16-8-17(11-31)20(12-32)21(13-33)27(16)18-5-7-25(40-3)24(36)9-19(18)23/h5,7-9,23,31-33H,4,6,10-13H2,1-3H3,(H,37,38)/t23-/m0/s1. The van der Waals surface area contributed by atoms with Crippen LogP contribution in [-0.2, 0) is 45.4 Å². The largest absolute Gasteiger partial charge is 0.493 e. The Morgan fingerprint density at radius 1 is 1.02 bits per heavy atom. The van der Waals surface area contributed by atoms with Crippen LogP contribution in [0.15, 0.2) is 34.1 Å². The van der Waals surface area contributed by atoms with Crippen molar-refractivity contribution in [3.05, 3.63) is 62.3 Å². The van der Waals surface area contributed by atoms with Gasteiger partial charge in [-0.1, -0.05) is 12.1 Å². The number of aliphatic hydroxyl groups excluding tert-OH is 3. The molecule has 0 aromatic heterocycles. The molecule has 212 valence electrons. The van der Waals surface area contributed by atoms with Crippen LogP contribution in [0.2, 0.25) is 0 Å². The fraction of sp³-hybridized carbons (Fsp3) is 0.357. The lowest BCUT2D eigenvalue weighted by molar-refractivity contribution is -0.144. The lowest BCUT2D eigenvalue weighted by Gasteiger charge is -2.29. The lowest BCUT2D eigenvalue weighted by Crippen LogP contribution is -2.43. The molecule has 4 N–H and O–H groups in total. The second-order valence-corrected chi connectivity index (χ2v) is 9.18. The number of carbonyl (C=O) groups is 4. The van der Waals surface area contributed by atoms with E-state index >= 15 is 0 Å². The van der Waals surface area contributed by atoms with Gasteiger partial charge in [-0.2, -0.15) is 0 Å². The SMILES string of the molecule is COc1ccc2c(cc1=O)[C@@H](N(C(C)=O)C(=O)C(CC(=O)O)=NC(C)=O)CCc1cc(CO)c(CO)c(CO)c1-2. The number of carboxylic acids is 1. The number of hydrogen-bond donors (Lipinski definition) is 4. The molecule has 0 saturated heterocycles. The number of imide groups is 1. The molecule has 1 aliphatic carbocycles. The van der Waals surface area contributed by atoms with Crippen molar-refractivity contribution in [3.8, 4) is 16.9 Å². The number of ether oxygens (including phenoxy) is 1. The predicted molar refractivity (Wildman–Crippen MR) is 141 cm³/mol. The Morgan fingerprint density at radius 3 is 2.23 bits per heavy atom. The van der Waals surface area contributed by atoms with Crippen molar-refractivity contribution < 1.29 is 44.3 Å². The molecule has 1 atom stereocenters. The van der Waals surface area contributed by atoms with Crippen LogP contribution in [0.4, 0.5) is 0 Å². The lowest BCUT2D eigenvalue weighted by atomic mass is 9.87. The van der Waals surface area contributed by atoms with Gasteiger partial charge in [0.15, 0.2) is 5.75 Å². The van der Waals surface area contributed by atoms with E-state index in [4.69, 9.17) is 4.74 Å². The molecule has 0 aliphatic heterocycles. The van der Waals surface area contributed by atoms with E-state index in [9.17, 15) is 44.4 Å². The van der Waals surface area contributed by atoms with Crippen molar-refractivity contribution in [2.24, 2.45) is 4.99 Å². The molecular formula is C28H30N2O10. The highest BCUT2D eigenvalue weighted by atomic mass is 16.5. The average Bonchev–Trinajstić information content (AvgIpc) is 3.14. The van der Waals surface area contributed by atoms with Crippen LogP contribution in [0.1, 0.15) is 60.5 Å². The number of amides is 3. The Morgan fingerprint density at radius 2 is 1.70 bits per heavy atom. The summed E-state index contributed by atoms with van der Waals surface area (Å²) in [5.41, 5.74) is 1.37. The van der Waals surface area contributed by atoms with Crippen LogP contribution in [-0.4, -0.2) is 61.8 Å². The number of carbonyl (C=O) groups excluding carboxylic acids is 3. The van der Waals surface area contributed by atoms with Crippen molar-refractivity contribution in [3.63, 3.8) is 0 Å². The third kappa shape index (κ3) is 5.98. The van der Waals surface area contributed by atoms with Crippen molar-refractivity contribution in [1.82, 2.24) is 4.90 Å². The molecular weight excluding hydrogens is 524 g/mol. The Balaban J connectivity index is 2.41. The van der Waals surface area contributed by atoms with E-state index in [1.807, 2.05) is 0 Å². The molecule has 40 heavy (non-hydrogen) atoms. The number of nitrogens with zero attached hydrogens (tertiary/aromatic N) is 2. The molecule has 2 aromatic rings. The minimum atomic E-state index is -1.44. The van der Waals surface area contributed by atoms with E-state index in [-0.39, 0.29) is 24.2 Å². The smallest absolute Gasteiger partial charge is 0.309 e. The maximum Gasteiger partial charge on any atom is 0.309 e. The average molecular weight is 555 g/mol. The van der Waals surface area contributed by atoms with Gasteiger partial charge in [0.25, 0.3) is 5.91 Å². The minimum absolute atomic E-state index is 0.0429. The van der Waals surface area contributed by atoms with Crippen LogP contribution in [0, 0.1) is 0 Å². The number of aliphatic carboxylic acids is 1. The van der Waals surface area contributed by atoms with E-state index in [1.54, 1.807) is 6.07 Å². The Kier molecular flexibility index (Phi) is 9.64. The normalized spacial score (nSPS) is 14.4. The van der Waals surface area contributed by atoms with Crippen molar-refractivity contribution in [1.29, 1.82) is 0 Å². The quantitative estimate of drug-likeness (QED) is 0.343. The monoisotopic (exact) mass is 554 g/mol. The molecule has 0 heterocycles. The Hall–Kier alpha value is -4.26. The molecule has 12 nitrogen and oxygen atoms in total. The zero-order chi connectivity index (χ0) is 29.7. The second kappa shape index (κ2) is 12.7. The van der Waals surface area contributed by atoms with E-state index in [2.05, 4.69) is 4.99 Å². The molecule has 3 amide bonds. The van der Waals surface area contributed by atoms with Gasteiger partial charge in [-0.15, -0.1) is 0 Å². The summed E-state index contributed by atoms with van der Waals surface area (Å²) in [6.45, 7) is 0.682. The van der Waals surface area contributed by atoms with Gasteiger partial charge in [-0.25, -0.2) is 4.99 Å². The molecule has 0 saturated carbocycles. The first kappa shape index (κ1) is 30.3. The van der Waals surface area contributed by atoms with Crippen LogP contribution >= 0.6 is 0 Å². The van der Waals surface area contributed by atoms with Gasteiger partial charge in [0.05, 0.1) is 39.4 Å². The van der Waals surface area contributed by atoms with Crippen LogP contribution in [0.3, 0.4) is 0 Å². The number of carboxylic acid groups (broad SMARTS) is 1. The summed E-state index contributed by atoms with van der Waals surface area (Å²) in [7, 11) is 1.30. The van der Waals surface area contributed by atoms with Gasteiger partial charge in [-0.3, -0.25) is 28.9 Å². The summed E-state index contributed by atoms with van der Waals surface area (Å²) >= 11 is 0. The minimum Gasteiger partial charge on any atom is -0.493 e. The molecule has 0 bridgehead atoms. The number of rotatable bonds is 8. The summed E-state index contributed by atoms with van der Waals surface area (Å²) in [5, 5.41) is 39.7. The molecule has 3 rings (SSSR count). The summed E-state index contributed by atoms with van der Waals surface area (Å²) in [4.78, 5) is 67.1. The first-order valence-electron chi connectivity index (χ1n) is 12.3. The maximum atomic E-state index is 13.6. The summed E-state index contributed by atoms with van der Waals surface area (Å²) in [6.07, 6.45) is -0.657. The zero-order valence-electron chi connectivity index (χ0n) is 22.3. The first-order chi connectivity index (χ1) is 19.0. The van der Waals surface area contributed by atoms with Gasteiger partial charge >= 0.3 is 5.97 Å². The highest BCUT2D eigenvalue weighted by molar-refractivity contribution is 6.44. The number of aliphatic hydroxyl groups is 3. The predicted octanol–water partition coefficient (Wildman–Crippen LogP) is 1.02. The third-order valence-corrected chi connectivity index (χ3v) is 6.71. The van der Waals surface area contributed by atoms with Crippen molar-refractivity contribution in [2.45, 2.75) is 59.0 Å². The van der Waals surface area contributed by atoms with Crippen LogP contribution in [0.25, 0.3) is 11.1 Å². The van der Waals surface area contributed by atoms with E-state index in [1.165, 1.54) is 25.3 Å². The van der Waals surface area contributed by atoms with Gasteiger partial charge in [-0.05, 0) is 63.9 Å². The van der Waals surface area contributed by atoms with E-state index in [0.717, 1.165) is 18.7 Å². The van der Waals surface area contributed by atoms with E-state index in [0.29, 0.717) is 33.4 Å². The summed E-state index contributed by atoms with van der Waals surface area (Å²) < 4.78 is 5.19. The van der Waals surface area contributed by atoms with Crippen LogP contribution in [0.5, 0.6) is 5.75 Å². The maximum absolute atomic E-state index is 13.6. The van der Waals surface area contributed by atoms with Gasteiger partial charge < -0.3 is 25.2 Å². The molecule has 0 fully saturated rings. The highest BCUT2D eigenvalue weighted by Gasteiger charge is 2.36. The highest BCUT2D eigenvalue weighted by Crippen LogP contribution is 2.43. The van der Waals surface area contributed by atoms with Crippen molar-refractivity contribution in [2.75, 3.05) is 7.11 Å².